The Morgan fingerprint density at radius 3 is 2.55 bits per heavy atom. The summed E-state index contributed by atoms with van der Waals surface area (Å²) in [6, 6.07) is 2.85. The Hall–Kier alpha value is -1.40. The Bertz CT molecular complexity index is 441. The van der Waals surface area contributed by atoms with E-state index in [0.717, 1.165) is 0 Å². The number of nitrogens with one attached hydrogen (secondary N) is 2. The highest BCUT2D eigenvalue weighted by Gasteiger charge is 2.24. The summed E-state index contributed by atoms with van der Waals surface area (Å²) in [7, 11) is 0. The minimum atomic E-state index is -0.882. The molecular formula is C14H22N2O3S. The maximum absolute atomic E-state index is 11.9. The lowest BCUT2D eigenvalue weighted by Gasteiger charge is -2.26. The average molecular weight is 298 g/mol. The van der Waals surface area contributed by atoms with E-state index in [1.165, 1.54) is 11.3 Å². The summed E-state index contributed by atoms with van der Waals surface area (Å²) < 4.78 is 0. The van der Waals surface area contributed by atoms with Crippen molar-refractivity contribution in [2.24, 2.45) is 0 Å². The number of rotatable bonds is 7. The van der Waals surface area contributed by atoms with Crippen molar-refractivity contribution < 1.29 is 14.7 Å². The van der Waals surface area contributed by atoms with E-state index >= 15 is 0 Å². The number of amides is 2. The number of thiophene rings is 1. The molecule has 6 heteroatoms. The van der Waals surface area contributed by atoms with Crippen LogP contribution in [-0.2, 0) is 4.79 Å². The first-order chi connectivity index (χ1) is 9.41. The molecule has 20 heavy (non-hydrogen) atoms. The largest absolute Gasteiger partial charge is 0.388 e. The van der Waals surface area contributed by atoms with Gasteiger partial charge in [0.25, 0.3) is 5.91 Å². The Balaban J connectivity index is 2.45. The second kappa shape index (κ2) is 7.40. The predicted molar refractivity (Wildman–Crippen MR) is 79.8 cm³/mol. The molecule has 5 nitrogen and oxygen atoms in total. The highest BCUT2D eigenvalue weighted by atomic mass is 32.1. The molecule has 3 N–H and O–H groups in total. The molecule has 0 bridgehead atoms. The first kappa shape index (κ1) is 16.7. The molecule has 112 valence electrons. The summed E-state index contributed by atoms with van der Waals surface area (Å²) in [5, 5.41) is 17.2. The van der Waals surface area contributed by atoms with E-state index < -0.39 is 11.6 Å². The van der Waals surface area contributed by atoms with Crippen LogP contribution in [0.25, 0.3) is 0 Å². The minimum Gasteiger partial charge on any atom is -0.388 e. The molecule has 0 saturated carbocycles. The van der Waals surface area contributed by atoms with E-state index in [-0.39, 0.29) is 18.4 Å². The van der Waals surface area contributed by atoms with Crippen LogP contribution < -0.4 is 10.6 Å². The summed E-state index contributed by atoms with van der Waals surface area (Å²) >= 11 is 1.33. The Labute approximate surface area is 123 Å². The van der Waals surface area contributed by atoms with Crippen molar-refractivity contribution in [2.75, 3.05) is 6.54 Å². The molecule has 0 aromatic carbocycles. The fraction of sp³-hybridized carbons (Fsp3) is 0.571. The molecule has 1 atom stereocenters. The molecule has 0 aliphatic carbocycles. The van der Waals surface area contributed by atoms with Crippen LogP contribution in [0, 0.1) is 0 Å². The van der Waals surface area contributed by atoms with Gasteiger partial charge in [-0.3, -0.25) is 9.59 Å². The van der Waals surface area contributed by atoms with Gasteiger partial charge in [-0.2, -0.15) is 0 Å². The third kappa shape index (κ3) is 4.61. The van der Waals surface area contributed by atoms with Gasteiger partial charge in [0.15, 0.2) is 0 Å². The van der Waals surface area contributed by atoms with E-state index in [9.17, 15) is 14.7 Å². The van der Waals surface area contributed by atoms with Gasteiger partial charge in [-0.1, -0.05) is 19.9 Å². The number of carbonyl (C=O) groups excluding carboxylic acids is 2. The molecule has 1 unspecified atom stereocenters. The van der Waals surface area contributed by atoms with Gasteiger partial charge in [-0.15, -0.1) is 11.3 Å². The van der Waals surface area contributed by atoms with Crippen molar-refractivity contribution in [1.29, 1.82) is 0 Å². The van der Waals surface area contributed by atoms with Crippen molar-refractivity contribution in [3.63, 3.8) is 0 Å². The number of carbonyl (C=O) groups is 2. The van der Waals surface area contributed by atoms with Gasteiger partial charge in [-0.25, -0.2) is 0 Å². The van der Waals surface area contributed by atoms with Gasteiger partial charge in [0.2, 0.25) is 5.91 Å². The molecule has 1 aromatic rings. The van der Waals surface area contributed by atoms with Gasteiger partial charge in [0, 0.05) is 6.54 Å². The molecule has 1 aromatic heterocycles. The van der Waals surface area contributed by atoms with Crippen molar-refractivity contribution in [2.45, 2.75) is 45.3 Å². The molecule has 0 aliphatic heterocycles. The lowest BCUT2D eigenvalue weighted by molar-refractivity contribution is -0.123. The van der Waals surface area contributed by atoms with Crippen LogP contribution in [0.2, 0.25) is 0 Å². The van der Waals surface area contributed by atoms with Gasteiger partial charge in [0.05, 0.1) is 10.5 Å². The second-order valence-corrected chi connectivity index (χ2v) is 5.77. The predicted octanol–water partition coefficient (Wildman–Crippen LogP) is 1.53. The van der Waals surface area contributed by atoms with E-state index in [2.05, 4.69) is 10.6 Å². The first-order valence-corrected chi connectivity index (χ1v) is 7.64. The summed E-state index contributed by atoms with van der Waals surface area (Å²) in [5.74, 6) is -0.556. The Kier molecular flexibility index (Phi) is 6.16. The molecule has 0 radical (unpaired) electrons. The summed E-state index contributed by atoms with van der Waals surface area (Å²) in [6.07, 6.45) is 1.14. The standard InChI is InChI=1S/C14H22N2O3S/c1-4-14(19,5-2)9-15-12(17)10(3)16-13(18)11-7-6-8-20-11/h6-8,10,19H,4-5,9H2,1-3H3,(H,15,17)(H,16,18). The van der Waals surface area contributed by atoms with Crippen LogP contribution >= 0.6 is 11.3 Å². The van der Waals surface area contributed by atoms with Crippen molar-refractivity contribution in [3.8, 4) is 0 Å². The smallest absolute Gasteiger partial charge is 0.261 e. The zero-order valence-corrected chi connectivity index (χ0v) is 12.9. The maximum Gasteiger partial charge on any atom is 0.261 e. The monoisotopic (exact) mass is 298 g/mol. The molecule has 0 saturated heterocycles. The van der Waals surface area contributed by atoms with Crippen molar-refractivity contribution in [1.82, 2.24) is 10.6 Å². The average Bonchev–Trinajstić information content (AvgIpc) is 2.98. The fourth-order valence-electron chi connectivity index (χ4n) is 1.65. The highest BCUT2D eigenvalue weighted by molar-refractivity contribution is 7.12. The summed E-state index contributed by atoms with van der Waals surface area (Å²) in [5.41, 5.74) is -0.882. The van der Waals surface area contributed by atoms with Crippen LogP contribution in [0.5, 0.6) is 0 Å². The molecule has 0 fully saturated rings. The van der Waals surface area contributed by atoms with Crippen LogP contribution in [0.15, 0.2) is 17.5 Å². The van der Waals surface area contributed by atoms with Gasteiger partial charge < -0.3 is 15.7 Å². The zero-order valence-electron chi connectivity index (χ0n) is 12.1. The molecular weight excluding hydrogens is 276 g/mol. The first-order valence-electron chi connectivity index (χ1n) is 6.76. The van der Waals surface area contributed by atoms with E-state index in [1.54, 1.807) is 19.1 Å². The topological polar surface area (TPSA) is 78.4 Å². The van der Waals surface area contributed by atoms with Crippen LogP contribution in [0.1, 0.15) is 43.3 Å². The molecule has 1 heterocycles. The second-order valence-electron chi connectivity index (χ2n) is 4.82. The van der Waals surface area contributed by atoms with Gasteiger partial charge in [0.1, 0.15) is 6.04 Å². The third-order valence-electron chi connectivity index (χ3n) is 3.39. The lowest BCUT2D eigenvalue weighted by atomic mass is 9.97. The number of aliphatic hydroxyl groups is 1. The lowest BCUT2D eigenvalue weighted by Crippen LogP contribution is -2.49. The molecule has 1 rings (SSSR count). The third-order valence-corrected chi connectivity index (χ3v) is 4.26. The zero-order chi connectivity index (χ0) is 15.2. The van der Waals surface area contributed by atoms with Gasteiger partial charge in [-0.05, 0) is 31.2 Å². The highest BCUT2D eigenvalue weighted by Crippen LogP contribution is 2.13. The molecule has 2 amide bonds. The maximum atomic E-state index is 11.9. The van der Waals surface area contributed by atoms with Crippen LogP contribution in [0.3, 0.4) is 0 Å². The number of hydrogen-bond acceptors (Lipinski definition) is 4. The van der Waals surface area contributed by atoms with Crippen LogP contribution in [-0.4, -0.2) is 35.1 Å². The summed E-state index contributed by atoms with van der Waals surface area (Å²) in [4.78, 5) is 24.3. The normalized spacial score (nSPS) is 12.8. The van der Waals surface area contributed by atoms with Crippen molar-refractivity contribution >= 4 is 23.2 Å². The summed E-state index contributed by atoms with van der Waals surface area (Å²) in [6.45, 7) is 5.56. The van der Waals surface area contributed by atoms with Crippen molar-refractivity contribution in [3.05, 3.63) is 22.4 Å². The minimum absolute atomic E-state index is 0.193. The molecule has 0 aliphatic rings. The SMILES string of the molecule is CCC(O)(CC)CNC(=O)C(C)NC(=O)c1cccs1. The fourth-order valence-corrected chi connectivity index (χ4v) is 2.27. The van der Waals surface area contributed by atoms with E-state index in [1.807, 2.05) is 19.2 Å². The van der Waals surface area contributed by atoms with Gasteiger partial charge >= 0.3 is 0 Å². The number of hydrogen-bond donors (Lipinski definition) is 3. The Morgan fingerprint density at radius 2 is 2.05 bits per heavy atom. The van der Waals surface area contributed by atoms with E-state index in [0.29, 0.717) is 17.7 Å². The Morgan fingerprint density at radius 1 is 1.40 bits per heavy atom. The molecule has 0 spiro atoms. The van der Waals surface area contributed by atoms with E-state index in [4.69, 9.17) is 0 Å². The van der Waals surface area contributed by atoms with Crippen LogP contribution in [0.4, 0.5) is 0 Å². The quantitative estimate of drug-likeness (QED) is 0.714.